The lowest BCUT2D eigenvalue weighted by Crippen LogP contribution is -2.42. The Hall–Kier alpha value is -3.15. The van der Waals surface area contributed by atoms with Crippen molar-refractivity contribution in [1.29, 1.82) is 0 Å². The zero-order valence-electron chi connectivity index (χ0n) is 15.7. The fraction of sp³-hybridized carbons (Fsp3) is 0.318. The second-order valence-corrected chi connectivity index (χ2v) is 7.20. The lowest BCUT2D eigenvalue weighted by molar-refractivity contribution is -0.313. The molecule has 28 heavy (non-hydrogen) atoms. The maximum Gasteiger partial charge on any atom is 0.255 e. The van der Waals surface area contributed by atoms with Crippen LogP contribution in [-0.4, -0.2) is 17.8 Å². The molecule has 3 rings (SSSR count). The number of carbonyl (C=O) groups excluding carboxylic acids is 3. The van der Waals surface area contributed by atoms with Gasteiger partial charge in [-0.25, -0.2) is 0 Å². The largest absolute Gasteiger partial charge is 0.550 e. The molecule has 1 aliphatic carbocycles. The van der Waals surface area contributed by atoms with Gasteiger partial charge in [-0.15, -0.1) is 0 Å². The third kappa shape index (κ3) is 4.76. The van der Waals surface area contributed by atoms with Crippen molar-refractivity contribution in [2.75, 3.05) is 10.6 Å². The van der Waals surface area contributed by atoms with Crippen molar-refractivity contribution in [2.24, 2.45) is 11.8 Å². The van der Waals surface area contributed by atoms with Crippen molar-refractivity contribution in [3.8, 4) is 0 Å². The molecular formula is C22H23N2O4-. The molecule has 1 fully saturated rings. The molecule has 0 radical (unpaired) electrons. The predicted octanol–water partition coefficient (Wildman–Crippen LogP) is 2.74. The molecule has 0 aliphatic heterocycles. The van der Waals surface area contributed by atoms with Crippen LogP contribution in [0.25, 0.3) is 0 Å². The Balaban J connectivity index is 1.62. The minimum absolute atomic E-state index is 0.244. The standard InChI is InChI=1S/C22H24N2O4/c1-14-6-10-16(11-7-14)23-20(25)15-8-12-17(13-9-15)24-21(26)18-4-2-3-5-19(18)22(27)28/h6-13,18-19H,2-5H2,1H3,(H,23,25)(H,24,26)(H,27,28)/p-1/t18-,19-/m0/s1. The van der Waals surface area contributed by atoms with Crippen LogP contribution in [0.2, 0.25) is 0 Å². The van der Waals surface area contributed by atoms with Gasteiger partial charge in [-0.1, -0.05) is 30.5 Å². The van der Waals surface area contributed by atoms with Crippen LogP contribution in [0, 0.1) is 18.8 Å². The molecule has 2 amide bonds. The number of nitrogens with one attached hydrogen (secondary N) is 2. The predicted molar refractivity (Wildman–Crippen MR) is 105 cm³/mol. The maximum absolute atomic E-state index is 12.5. The summed E-state index contributed by atoms with van der Waals surface area (Å²) in [5.41, 5.74) is 2.80. The van der Waals surface area contributed by atoms with E-state index in [2.05, 4.69) is 10.6 Å². The first-order valence-corrected chi connectivity index (χ1v) is 9.44. The van der Waals surface area contributed by atoms with Crippen molar-refractivity contribution in [3.05, 3.63) is 59.7 Å². The van der Waals surface area contributed by atoms with Crippen LogP contribution in [-0.2, 0) is 9.59 Å². The van der Waals surface area contributed by atoms with Crippen LogP contribution in [0.15, 0.2) is 48.5 Å². The van der Waals surface area contributed by atoms with Crippen molar-refractivity contribution in [2.45, 2.75) is 32.6 Å². The Morgan fingerprint density at radius 2 is 1.36 bits per heavy atom. The fourth-order valence-electron chi connectivity index (χ4n) is 3.51. The number of carboxylic acids is 1. The molecule has 2 atom stereocenters. The van der Waals surface area contributed by atoms with Crippen LogP contribution in [0.4, 0.5) is 11.4 Å². The van der Waals surface area contributed by atoms with E-state index in [1.165, 1.54) is 0 Å². The van der Waals surface area contributed by atoms with E-state index in [1.54, 1.807) is 24.3 Å². The normalized spacial score (nSPS) is 18.9. The molecule has 2 aromatic rings. The van der Waals surface area contributed by atoms with Gasteiger partial charge in [-0.2, -0.15) is 0 Å². The van der Waals surface area contributed by atoms with Crippen LogP contribution < -0.4 is 15.7 Å². The van der Waals surface area contributed by atoms with E-state index in [-0.39, 0.29) is 11.8 Å². The summed E-state index contributed by atoms with van der Waals surface area (Å²) in [4.78, 5) is 36.1. The summed E-state index contributed by atoms with van der Waals surface area (Å²) < 4.78 is 0. The number of carbonyl (C=O) groups is 3. The Morgan fingerprint density at radius 1 is 0.821 bits per heavy atom. The minimum atomic E-state index is -1.16. The number of rotatable bonds is 5. The van der Waals surface area contributed by atoms with E-state index >= 15 is 0 Å². The molecule has 146 valence electrons. The zero-order chi connectivity index (χ0) is 20.1. The van der Waals surface area contributed by atoms with Crippen molar-refractivity contribution < 1.29 is 19.5 Å². The molecule has 1 saturated carbocycles. The molecule has 2 aromatic carbocycles. The fourth-order valence-corrected chi connectivity index (χ4v) is 3.51. The highest BCUT2D eigenvalue weighted by molar-refractivity contribution is 6.04. The highest BCUT2D eigenvalue weighted by atomic mass is 16.4. The number of amides is 2. The smallest absolute Gasteiger partial charge is 0.255 e. The highest BCUT2D eigenvalue weighted by Gasteiger charge is 2.31. The summed E-state index contributed by atoms with van der Waals surface area (Å²) in [5, 5.41) is 16.8. The number of carboxylic acid groups (broad SMARTS) is 1. The maximum atomic E-state index is 12.5. The van der Waals surface area contributed by atoms with E-state index in [4.69, 9.17) is 0 Å². The van der Waals surface area contributed by atoms with Crippen LogP contribution >= 0.6 is 0 Å². The molecule has 0 unspecified atom stereocenters. The molecule has 0 saturated heterocycles. The highest BCUT2D eigenvalue weighted by Crippen LogP contribution is 2.30. The van der Waals surface area contributed by atoms with Crippen molar-refractivity contribution in [3.63, 3.8) is 0 Å². The Labute approximate surface area is 164 Å². The van der Waals surface area contributed by atoms with Crippen LogP contribution in [0.3, 0.4) is 0 Å². The molecule has 1 aliphatic rings. The molecular weight excluding hydrogens is 356 g/mol. The zero-order valence-corrected chi connectivity index (χ0v) is 15.7. The summed E-state index contributed by atoms with van der Waals surface area (Å²) in [6.07, 6.45) is 2.65. The average molecular weight is 379 g/mol. The van der Waals surface area contributed by atoms with E-state index in [9.17, 15) is 19.5 Å². The first kappa shape index (κ1) is 19.6. The van der Waals surface area contributed by atoms with Crippen LogP contribution in [0.1, 0.15) is 41.6 Å². The molecule has 0 bridgehead atoms. The van der Waals surface area contributed by atoms with Gasteiger partial charge in [0.2, 0.25) is 5.91 Å². The third-order valence-electron chi connectivity index (χ3n) is 5.13. The van der Waals surface area contributed by atoms with Crippen molar-refractivity contribution in [1.82, 2.24) is 0 Å². The molecule has 6 nitrogen and oxygen atoms in total. The molecule has 2 N–H and O–H groups in total. The van der Waals surface area contributed by atoms with Crippen molar-refractivity contribution >= 4 is 29.2 Å². The van der Waals surface area contributed by atoms with E-state index in [0.29, 0.717) is 29.8 Å². The Bertz CT molecular complexity index is 859. The van der Waals surface area contributed by atoms with Gasteiger partial charge in [0.05, 0.1) is 0 Å². The lowest BCUT2D eigenvalue weighted by atomic mass is 9.78. The van der Waals surface area contributed by atoms with Gasteiger partial charge >= 0.3 is 0 Å². The minimum Gasteiger partial charge on any atom is -0.550 e. The van der Waals surface area contributed by atoms with Gasteiger partial charge in [0.1, 0.15) is 0 Å². The Kier molecular flexibility index (Phi) is 6.09. The second kappa shape index (κ2) is 8.69. The summed E-state index contributed by atoms with van der Waals surface area (Å²) >= 11 is 0. The quantitative estimate of drug-likeness (QED) is 0.834. The SMILES string of the molecule is Cc1ccc(NC(=O)c2ccc(NC(=O)[C@H]3CCCC[C@@H]3C(=O)[O-])cc2)cc1. The van der Waals surface area contributed by atoms with Gasteiger partial charge in [0.25, 0.3) is 5.91 Å². The number of hydrogen-bond acceptors (Lipinski definition) is 4. The molecule has 0 heterocycles. The van der Waals surface area contributed by atoms with E-state index in [1.807, 2.05) is 31.2 Å². The van der Waals surface area contributed by atoms with Gasteiger partial charge in [0.15, 0.2) is 0 Å². The number of benzene rings is 2. The van der Waals surface area contributed by atoms with Crippen LogP contribution in [0.5, 0.6) is 0 Å². The van der Waals surface area contributed by atoms with Gasteiger partial charge in [0, 0.05) is 34.7 Å². The number of aliphatic carboxylic acids is 1. The first-order chi connectivity index (χ1) is 13.4. The number of hydrogen-bond donors (Lipinski definition) is 2. The number of aryl methyl sites for hydroxylation is 1. The lowest BCUT2D eigenvalue weighted by Gasteiger charge is -2.31. The van der Waals surface area contributed by atoms with Gasteiger partial charge in [-0.3, -0.25) is 9.59 Å². The topological polar surface area (TPSA) is 98.3 Å². The second-order valence-electron chi connectivity index (χ2n) is 7.20. The monoisotopic (exact) mass is 379 g/mol. The molecule has 0 spiro atoms. The number of anilines is 2. The summed E-state index contributed by atoms with van der Waals surface area (Å²) in [5.74, 6) is -3.05. The van der Waals surface area contributed by atoms with Gasteiger partial charge in [-0.05, 0) is 56.2 Å². The Morgan fingerprint density at radius 3 is 1.96 bits per heavy atom. The van der Waals surface area contributed by atoms with E-state index < -0.39 is 17.8 Å². The molecule has 0 aromatic heterocycles. The first-order valence-electron chi connectivity index (χ1n) is 9.44. The van der Waals surface area contributed by atoms with E-state index in [0.717, 1.165) is 18.4 Å². The average Bonchev–Trinajstić information content (AvgIpc) is 2.70. The summed E-state index contributed by atoms with van der Waals surface area (Å²) in [6.45, 7) is 1.97. The summed E-state index contributed by atoms with van der Waals surface area (Å²) in [6, 6.07) is 14.0. The molecule has 6 heteroatoms. The third-order valence-corrected chi connectivity index (χ3v) is 5.13. The van der Waals surface area contributed by atoms with Gasteiger partial charge < -0.3 is 20.5 Å². The summed E-state index contributed by atoms with van der Waals surface area (Å²) in [7, 11) is 0.